The first kappa shape index (κ1) is 22.4. The summed E-state index contributed by atoms with van der Waals surface area (Å²) in [6.45, 7) is 6.00. The van der Waals surface area contributed by atoms with E-state index in [9.17, 15) is 0 Å². The molecule has 0 amide bonds. The molecule has 0 atom stereocenters. The van der Waals surface area contributed by atoms with Gasteiger partial charge in [0.05, 0.1) is 0 Å². The first-order valence-electron chi connectivity index (χ1n) is 1.89. The average molecular weight is 244 g/mol. The van der Waals surface area contributed by atoms with Crippen molar-refractivity contribution in [3.8, 4) is 0 Å². The summed E-state index contributed by atoms with van der Waals surface area (Å²) in [5.74, 6) is 0. The number of thiocarbonyl (C=S) groups is 2. The maximum atomic E-state index is 9.04. The van der Waals surface area contributed by atoms with Crippen molar-refractivity contribution in [2.24, 2.45) is 11.5 Å². The predicted octanol–water partition coefficient (Wildman–Crippen LogP) is -2.02. The fourth-order valence-corrected chi connectivity index (χ4v) is 0. The molecular formula is C4H8CuN2O2S2. The molecular weight excluding hydrogens is 236 g/mol. The Kier molecular flexibility index (Phi) is 46.1. The molecule has 0 aromatic heterocycles. The molecule has 0 aliphatic heterocycles. The molecule has 1 radical (unpaired) electrons. The van der Waals surface area contributed by atoms with Gasteiger partial charge < -0.3 is 21.7 Å². The minimum atomic E-state index is -0.750. The van der Waals surface area contributed by atoms with Gasteiger partial charge >= 0.3 is 17.1 Å². The van der Waals surface area contributed by atoms with E-state index >= 15 is 0 Å². The van der Waals surface area contributed by atoms with Gasteiger partial charge in [-0.3, -0.25) is 0 Å². The quantitative estimate of drug-likeness (QED) is 0.290. The van der Waals surface area contributed by atoms with Gasteiger partial charge in [-0.25, -0.2) is 0 Å². The van der Waals surface area contributed by atoms with Crippen LogP contribution in [0.4, 0.5) is 0 Å². The first-order valence-corrected chi connectivity index (χ1v) is 2.71. The maximum Gasteiger partial charge on any atom is 2.00 e. The third-order valence-electron chi connectivity index (χ3n) is 0. The minimum Gasteiger partial charge on any atom is -0.852 e. The largest absolute Gasteiger partial charge is 2.00 e. The molecule has 0 aromatic carbocycles. The van der Waals surface area contributed by atoms with Gasteiger partial charge in [0.2, 0.25) is 0 Å². The van der Waals surface area contributed by atoms with Crippen LogP contribution in [0.2, 0.25) is 0 Å². The fraction of sp³-hybridized carbons (Fsp3) is 0. The molecule has 0 unspecified atom stereocenters. The van der Waals surface area contributed by atoms with Gasteiger partial charge in [-0.15, -0.1) is 13.2 Å². The van der Waals surface area contributed by atoms with Crippen molar-refractivity contribution in [2.45, 2.75) is 0 Å². The van der Waals surface area contributed by atoms with Crippen LogP contribution in [0, 0.1) is 0 Å². The van der Waals surface area contributed by atoms with Crippen LogP contribution in [-0.2, 0) is 17.1 Å². The van der Waals surface area contributed by atoms with Crippen LogP contribution in [0.25, 0.3) is 0 Å². The second-order valence-corrected chi connectivity index (χ2v) is 1.44. The minimum absolute atomic E-state index is 0. The van der Waals surface area contributed by atoms with Crippen molar-refractivity contribution >= 4 is 34.8 Å². The summed E-state index contributed by atoms with van der Waals surface area (Å²) in [5, 5.41) is 16.6. The summed E-state index contributed by atoms with van der Waals surface area (Å²) in [5.41, 5.74) is 8.57. The molecule has 0 heterocycles. The standard InChI is InChI=1S/C2H4.2CH3NOS.Cu/c1-2;2*2-1(3)4;/h1-2H2;2*(H3,2,3,4);/q;;;+2/p-2. The molecule has 0 saturated heterocycles. The van der Waals surface area contributed by atoms with Crippen LogP contribution in [0.1, 0.15) is 0 Å². The van der Waals surface area contributed by atoms with E-state index < -0.39 is 10.3 Å². The molecule has 0 spiro atoms. The Morgan fingerprint density at radius 2 is 1.00 bits per heavy atom. The Bertz CT molecular complexity index is 92.3. The second kappa shape index (κ2) is 22.6. The van der Waals surface area contributed by atoms with Crippen LogP contribution >= 0.6 is 24.4 Å². The zero-order valence-electron chi connectivity index (χ0n) is 5.50. The average Bonchev–Trinajstić information content (AvgIpc) is 1.66. The van der Waals surface area contributed by atoms with Gasteiger partial charge in [0.25, 0.3) is 0 Å². The Balaban J connectivity index is -0.0000000339. The smallest absolute Gasteiger partial charge is 0.852 e. The Labute approximate surface area is 86.7 Å². The van der Waals surface area contributed by atoms with Gasteiger partial charge in [-0.05, 0) is 0 Å². The van der Waals surface area contributed by atoms with E-state index in [2.05, 4.69) is 49.1 Å². The molecule has 0 aliphatic carbocycles. The van der Waals surface area contributed by atoms with Crippen molar-refractivity contribution < 1.29 is 27.3 Å². The van der Waals surface area contributed by atoms with Crippen molar-refractivity contribution in [2.75, 3.05) is 0 Å². The SMILES string of the molecule is C=C.NC([O-])=S.NC([O-])=S.[Cu+2]. The maximum absolute atomic E-state index is 9.04. The molecule has 0 aliphatic rings. The zero-order chi connectivity index (χ0) is 9.15. The summed E-state index contributed by atoms with van der Waals surface area (Å²) >= 11 is 7.52. The predicted molar refractivity (Wildman–Crippen MR) is 44.8 cm³/mol. The van der Waals surface area contributed by atoms with Crippen molar-refractivity contribution in [3.63, 3.8) is 0 Å². The first-order chi connectivity index (χ1) is 4.46. The molecule has 0 fully saturated rings. The third-order valence-corrected chi connectivity index (χ3v) is 0. The fourth-order valence-electron chi connectivity index (χ4n) is 0. The van der Waals surface area contributed by atoms with E-state index in [1.807, 2.05) is 0 Å². The van der Waals surface area contributed by atoms with Crippen molar-refractivity contribution in [1.29, 1.82) is 0 Å². The molecule has 0 saturated carbocycles. The Hall–Kier alpha value is -0.361. The molecule has 4 N–H and O–H groups in total. The van der Waals surface area contributed by atoms with E-state index in [4.69, 9.17) is 10.2 Å². The van der Waals surface area contributed by atoms with Gasteiger partial charge in [0, 0.05) is 10.3 Å². The molecule has 0 aromatic rings. The Morgan fingerprint density at radius 3 is 1.00 bits per heavy atom. The monoisotopic (exact) mass is 243 g/mol. The van der Waals surface area contributed by atoms with Gasteiger partial charge in [0.15, 0.2) is 0 Å². The molecule has 7 heteroatoms. The number of hydrogen-bond acceptors (Lipinski definition) is 4. The van der Waals surface area contributed by atoms with E-state index in [1.165, 1.54) is 0 Å². The second-order valence-electron chi connectivity index (χ2n) is 0.638. The normalized spacial score (nSPS) is 4.73. The molecule has 0 rings (SSSR count). The third kappa shape index (κ3) is 4330. The number of hydrogen-bond donors (Lipinski definition) is 2. The molecule has 69 valence electrons. The summed E-state index contributed by atoms with van der Waals surface area (Å²) in [6.07, 6.45) is 0. The topological polar surface area (TPSA) is 98.2 Å². The van der Waals surface area contributed by atoms with Crippen LogP contribution in [-0.4, -0.2) is 10.3 Å². The number of rotatable bonds is 0. The molecule has 0 bridgehead atoms. The van der Waals surface area contributed by atoms with Gasteiger partial charge in [-0.2, -0.15) is 0 Å². The van der Waals surface area contributed by atoms with Crippen LogP contribution < -0.4 is 21.7 Å². The summed E-state index contributed by atoms with van der Waals surface area (Å²) < 4.78 is 0. The van der Waals surface area contributed by atoms with E-state index in [0.29, 0.717) is 0 Å². The van der Waals surface area contributed by atoms with Gasteiger partial charge in [0.1, 0.15) is 0 Å². The Morgan fingerprint density at radius 1 is 1.00 bits per heavy atom. The zero-order valence-corrected chi connectivity index (χ0v) is 8.08. The van der Waals surface area contributed by atoms with Crippen molar-refractivity contribution in [3.05, 3.63) is 13.2 Å². The van der Waals surface area contributed by atoms with E-state index in [1.54, 1.807) is 0 Å². The molecule has 11 heavy (non-hydrogen) atoms. The molecule has 4 nitrogen and oxygen atoms in total. The van der Waals surface area contributed by atoms with E-state index in [0.717, 1.165) is 0 Å². The van der Waals surface area contributed by atoms with E-state index in [-0.39, 0.29) is 17.1 Å². The van der Waals surface area contributed by atoms with Crippen LogP contribution in [0.3, 0.4) is 0 Å². The summed E-state index contributed by atoms with van der Waals surface area (Å²) in [7, 11) is 0. The number of nitrogens with two attached hydrogens (primary N) is 2. The van der Waals surface area contributed by atoms with Crippen molar-refractivity contribution in [1.82, 2.24) is 0 Å². The van der Waals surface area contributed by atoms with Crippen LogP contribution in [0.5, 0.6) is 0 Å². The van der Waals surface area contributed by atoms with Crippen LogP contribution in [0.15, 0.2) is 13.2 Å². The van der Waals surface area contributed by atoms with Gasteiger partial charge in [-0.1, -0.05) is 24.4 Å². The summed E-state index contributed by atoms with van der Waals surface area (Å²) in [4.78, 5) is 0. The summed E-state index contributed by atoms with van der Waals surface area (Å²) in [6, 6.07) is 0.